The molecule has 0 spiro atoms. The van der Waals surface area contributed by atoms with E-state index in [1.54, 1.807) is 24.5 Å². The predicted octanol–water partition coefficient (Wildman–Crippen LogP) is 3.07. The standard InChI is InChI=1S/C22H20N4O2S/c1-29(27,28)16-5-2-4-15(12-16)22-18-13-26(11-9-20(18)24-14-25-22)21-8-10-23-19-7-3-6-17(19)21/h2-6,8,10,12,14H,7,9,11,13H2,1H3. The fourth-order valence-electron chi connectivity index (χ4n) is 4.08. The summed E-state index contributed by atoms with van der Waals surface area (Å²) in [5.41, 5.74) is 7.15. The van der Waals surface area contributed by atoms with Crippen LogP contribution < -0.4 is 4.90 Å². The van der Waals surface area contributed by atoms with Crippen LogP contribution in [0, 0.1) is 0 Å². The van der Waals surface area contributed by atoms with Crippen molar-refractivity contribution in [3.05, 3.63) is 71.4 Å². The van der Waals surface area contributed by atoms with Crippen molar-refractivity contribution in [1.82, 2.24) is 15.0 Å². The number of benzene rings is 1. The molecule has 7 heteroatoms. The zero-order chi connectivity index (χ0) is 20.0. The van der Waals surface area contributed by atoms with Crippen LogP contribution in [0.4, 0.5) is 5.69 Å². The Morgan fingerprint density at radius 1 is 1.07 bits per heavy atom. The molecule has 0 radical (unpaired) electrons. The lowest BCUT2D eigenvalue weighted by Gasteiger charge is -2.32. The Kier molecular flexibility index (Phi) is 4.20. The second-order valence-electron chi connectivity index (χ2n) is 7.42. The molecule has 6 nitrogen and oxygen atoms in total. The Morgan fingerprint density at radius 2 is 1.97 bits per heavy atom. The lowest BCUT2D eigenvalue weighted by molar-refractivity contribution is 0.602. The van der Waals surface area contributed by atoms with E-state index in [4.69, 9.17) is 0 Å². The molecule has 0 N–H and O–H groups in total. The first-order valence-electron chi connectivity index (χ1n) is 9.53. The van der Waals surface area contributed by atoms with Crippen LogP contribution in [0.25, 0.3) is 17.3 Å². The average Bonchev–Trinajstić information content (AvgIpc) is 3.21. The number of hydrogen-bond acceptors (Lipinski definition) is 6. The molecule has 0 saturated heterocycles. The van der Waals surface area contributed by atoms with E-state index in [1.807, 2.05) is 12.3 Å². The number of nitrogens with zero attached hydrogens (tertiary/aromatic N) is 4. The minimum Gasteiger partial charge on any atom is -0.366 e. The van der Waals surface area contributed by atoms with Crippen molar-refractivity contribution in [3.8, 4) is 11.3 Å². The summed E-state index contributed by atoms with van der Waals surface area (Å²) in [7, 11) is -3.28. The smallest absolute Gasteiger partial charge is 0.175 e. The van der Waals surface area contributed by atoms with Crippen molar-refractivity contribution in [2.75, 3.05) is 17.7 Å². The highest BCUT2D eigenvalue weighted by molar-refractivity contribution is 7.90. The molecule has 0 bridgehead atoms. The van der Waals surface area contributed by atoms with E-state index in [0.29, 0.717) is 11.4 Å². The highest BCUT2D eigenvalue weighted by atomic mass is 32.2. The number of anilines is 1. The third kappa shape index (κ3) is 3.21. The first-order valence-corrected chi connectivity index (χ1v) is 11.4. The van der Waals surface area contributed by atoms with E-state index in [2.05, 4.69) is 38.1 Å². The molecule has 5 rings (SSSR count). The van der Waals surface area contributed by atoms with Gasteiger partial charge in [0.05, 0.1) is 22.0 Å². The summed E-state index contributed by atoms with van der Waals surface area (Å²) >= 11 is 0. The van der Waals surface area contributed by atoms with Gasteiger partial charge in [0, 0.05) is 60.8 Å². The minimum atomic E-state index is -3.28. The van der Waals surface area contributed by atoms with Gasteiger partial charge in [-0.2, -0.15) is 0 Å². The summed E-state index contributed by atoms with van der Waals surface area (Å²) in [5, 5.41) is 0. The van der Waals surface area contributed by atoms with Gasteiger partial charge in [-0.05, 0) is 18.2 Å². The molecule has 146 valence electrons. The lowest BCUT2D eigenvalue weighted by Crippen LogP contribution is -2.32. The number of rotatable bonds is 3. The van der Waals surface area contributed by atoms with Gasteiger partial charge in [0.15, 0.2) is 9.84 Å². The van der Waals surface area contributed by atoms with Crippen LogP contribution in [0.3, 0.4) is 0 Å². The van der Waals surface area contributed by atoms with Gasteiger partial charge in [-0.25, -0.2) is 18.4 Å². The summed E-state index contributed by atoms with van der Waals surface area (Å²) in [6.45, 7) is 1.55. The van der Waals surface area contributed by atoms with Crippen molar-refractivity contribution in [3.63, 3.8) is 0 Å². The number of allylic oxidation sites excluding steroid dienone is 1. The Hall–Kier alpha value is -3.06. The molecule has 0 amide bonds. The van der Waals surface area contributed by atoms with Gasteiger partial charge in [-0.3, -0.25) is 4.98 Å². The zero-order valence-electron chi connectivity index (χ0n) is 16.0. The minimum absolute atomic E-state index is 0.298. The number of pyridine rings is 1. The third-order valence-corrected chi connectivity index (χ3v) is 6.63. The molecule has 0 saturated carbocycles. The lowest BCUT2D eigenvalue weighted by atomic mass is 9.98. The van der Waals surface area contributed by atoms with Gasteiger partial charge >= 0.3 is 0 Å². The summed E-state index contributed by atoms with van der Waals surface area (Å²) < 4.78 is 24.0. The maximum absolute atomic E-state index is 12.0. The highest BCUT2D eigenvalue weighted by Gasteiger charge is 2.25. The maximum atomic E-state index is 12.0. The summed E-state index contributed by atoms with van der Waals surface area (Å²) in [5.74, 6) is 0. The van der Waals surface area contributed by atoms with Crippen molar-refractivity contribution < 1.29 is 8.42 Å². The zero-order valence-corrected chi connectivity index (χ0v) is 16.9. The molecular formula is C22H20N4O2S. The Bertz CT molecular complexity index is 1250. The number of aromatic nitrogens is 3. The molecule has 0 unspecified atom stereocenters. The van der Waals surface area contributed by atoms with Crippen molar-refractivity contribution >= 4 is 21.6 Å². The molecule has 3 aromatic rings. The van der Waals surface area contributed by atoms with E-state index >= 15 is 0 Å². The highest BCUT2D eigenvalue weighted by Crippen LogP contribution is 2.34. The normalized spacial score (nSPS) is 15.3. The number of sulfone groups is 1. The Morgan fingerprint density at radius 3 is 2.83 bits per heavy atom. The van der Waals surface area contributed by atoms with E-state index in [1.165, 1.54) is 17.5 Å². The Balaban J connectivity index is 1.57. The first-order chi connectivity index (χ1) is 14.0. The molecule has 1 aliphatic carbocycles. The van der Waals surface area contributed by atoms with E-state index in [0.717, 1.165) is 47.6 Å². The fourth-order valence-corrected chi connectivity index (χ4v) is 4.75. The van der Waals surface area contributed by atoms with E-state index < -0.39 is 9.84 Å². The number of hydrogen-bond donors (Lipinski definition) is 0. The summed E-state index contributed by atoms with van der Waals surface area (Å²) in [6, 6.07) is 9.05. The van der Waals surface area contributed by atoms with Crippen molar-refractivity contribution in [2.24, 2.45) is 0 Å². The SMILES string of the molecule is CS(=O)(=O)c1cccc(-c2ncnc3c2CN(c2ccnc4c2C=CC4)CC3)c1. The van der Waals surface area contributed by atoms with Gasteiger partial charge in [-0.1, -0.05) is 24.3 Å². The monoisotopic (exact) mass is 404 g/mol. The molecule has 0 atom stereocenters. The van der Waals surface area contributed by atoms with Crippen molar-refractivity contribution in [2.45, 2.75) is 24.3 Å². The molecule has 0 fully saturated rings. The van der Waals surface area contributed by atoms with Crippen LogP contribution in [-0.2, 0) is 29.2 Å². The van der Waals surface area contributed by atoms with E-state index in [-0.39, 0.29) is 0 Å². The largest absolute Gasteiger partial charge is 0.366 e. The average molecular weight is 404 g/mol. The molecule has 1 aliphatic heterocycles. The molecular weight excluding hydrogens is 384 g/mol. The van der Waals surface area contributed by atoms with Gasteiger partial charge < -0.3 is 4.90 Å². The summed E-state index contributed by atoms with van der Waals surface area (Å²) in [4.78, 5) is 16.1. The van der Waals surface area contributed by atoms with Crippen LogP contribution in [0.5, 0.6) is 0 Å². The third-order valence-electron chi connectivity index (χ3n) is 5.52. The molecule has 3 heterocycles. The van der Waals surface area contributed by atoms with Crippen LogP contribution in [0.1, 0.15) is 22.5 Å². The second kappa shape index (κ2) is 6.77. The molecule has 1 aromatic carbocycles. The van der Waals surface area contributed by atoms with E-state index in [9.17, 15) is 8.42 Å². The first kappa shape index (κ1) is 18.0. The quantitative estimate of drug-likeness (QED) is 0.668. The predicted molar refractivity (Wildman–Crippen MR) is 112 cm³/mol. The molecule has 2 aliphatic rings. The second-order valence-corrected chi connectivity index (χ2v) is 9.43. The number of fused-ring (bicyclic) bond motifs is 2. The van der Waals surface area contributed by atoms with Crippen LogP contribution in [0.15, 0.2) is 53.8 Å². The van der Waals surface area contributed by atoms with Crippen LogP contribution in [-0.4, -0.2) is 36.2 Å². The van der Waals surface area contributed by atoms with Gasteiger partial charge in [0.1, 0.15) is 6.33 Å². The van der Waals surface area contributed by atoms with Gasteiger partial charge in [0.2, 0.25) is 0 Å². The van der Waals surface area contributed by atoms with Crippen LogP contribution in [0.2, 0.25) is 0 Å². The van der Waals surface area contributed by atoms with Crippen LogP contribution >= 0.6 is 0 Å². The maximum Gasteiger partial charge on any atom is 0.175 e. The summed E-state index contributed by atoms with van der Waals surface area (Å²) in [6.07, 6.45) is 10.6. The van der Waals surface area contributed by atoms with Crippen molar-refractivity contribution in [1.29, 1.82) is 0 Å². The fraction of sp³-hybridized carbons (Fsp3) is 0.227. The van der Waals surface area contributed by atoms with Gasteiger partial charge in [-0.15, -0.1) is 0 Å². The Labute approximate surface area is 169 Å². The topological polar surface area (TPSA) is 76.1 Å². The molecule has 2 aromatic heterocycles. The van der Waals surface area contributed by atoms with Gasteiger partial charge in [0.25, 0.3) is 0 Å². The molecule has 29 heavy (non-hydrogen) atoms.